The Balaban J connectivity index is 1.46. The Kier molecular flexibility index (Phi) is 4.90. The molecule has 30 heavy (non-hydrogen) atoms. The first-order chi connectivity index (χ1) is 14.8. The fourth-order valence-corrected chi connectivity index (χ4v) is 3.94. The molecule has 0 radical (unpaired) electrons. The van der Waals surface area contributed by atoms with Gasteiger partial charge in [-0.05, 0) is 36.4 Å². The van der Waals surface area contributed by atoms with Crippen molar-refractivity contribution in [3.05, 3.63) is 94.9 Å². The van der Waals surface area contributed by atoms with Gasteiger partial charge >= 0.3 is 0 Å². The zero-order valence-corrected chi connectivity index (χ0v) is 16.6. The lowest BCUT2D eigenvalue weighted by Gasteiger charge is -2.11. The van der Waals surface area contributed by atoms with Crippen LogP contribution >= 0.6 is 11.8 Å². The molecule has 7 nitrogen and oxygen atoms in total. The van der Waals surface area contributed by atoms with E-state index in [0.717, 1.165) is 5.56 Å². The third kappa shape index (κ3) is 3.65. The molecule has 0 aliphatic heterocycles. The van der Waals surface area contributed by atoms with Gasteiger partial charge in [-0.3, -0.25) is 9.36 Å². The molecule has 0 amide bonds. The molecule has 0 saturated carbocycles. The van der Waals surface area contributed by atoms with Crippen LogP contribution in [0.4, 0.5) is 0 Å². The number of furan rings is 1. The summed E-state index contributed by atoms with van der Waals surface area (Å²) in [7, 11) is 0. The monoisotopic (exact) mass is 416 g/mol. The largest absolute Gasteiger partial charge is 0.467 e. The lowest BCUT2D eigenvalue weighted by atomic mass is 10.2. The molecule has 148 valence electrons. The number of fused-ring (bicyclic) bond motifs is 1. The lowest BCUT2D eigenvalue weighted by Crippen LogP contribution is -2.23. The van der Waals surface area contributed by atoms with Gasteiger partial charge in [0, 0.05) is 5.56 Å². The van der Waals surface area contributed by atoms with Crippen LogP contribution < -0.4 is 5.56 Å². The molecule has 3 aromatic heterocycles. The van der Waals surface area contributed by atoms with Crippen LogP contribution in [-0.4, -0.2) is 19.7 Å². The van der Waals surface area contributed by atoms with Gasteiger partial charge in [0.05, 0.1) is 29.5 Å². The first kappa shape index (κ1) is 18.4. The van der Waals surface area contributed by atoms with E-state index in [1.165, 1.54) is 11.8 Å². The summed E-state index contributed by atoms with van der Waals surface area (Å²) in [5.41, 5.74) is 1.40. The fraction of sp³-hybridized carbons (Fsp3) is 0.0909. The van der Waals surface area contributed by atoms with Gasteiger partial charge in [0.2, 0.25) is 0 Å². The van der Waals surface area contributed by atoms with Crippen molar-refractivity contribution in [1.82, 2.24) is 19.7 Å². The average Bonchev–Trinajstić information content (AvgIpc) is 3.47. The Morgan fingerprint density at radius 1 is 0.933 bits per heavy atom. The predicted molar refractivity (Wildman–Crippen MR) is 113 cm³/mol. The molecule has 0 saturated heterocycles. The molecule has 0 fully saturated rings. The molecule has 5 aromatic rings. The van der Waals surface area contributed by atoms with Gasteiger partial charge in [0.25, 0.3) is 11.4 Å². The Morgan fingerprint density at radius 2 is 1.77 bits per heavy atom. The van der Waals surface area contributed by atoms with E-state index in [0.29, 0.717) is 45.8 Å². The maximum absolute atomic E-state index is 13.1. The van der Waals surface area contributed by atoms with Crippen molar-refractivity contribution in [2.75, 3.05) is 0 Å². The van der Waals surface area contributed by atoms with Crippen molar-refractivity contribution < 1.29 is 8.94 Å². The van der Waals surface area contributed by atoms with Crippen LogP contribution in [0.2, 0.25) is 0 Å². The summed E-state index contributed by atoms with van der Waals surface area (Å²) in [6.07, 6.45) is 1.59. The number of hydrogen-bond acceptors (Lipinski definition) is 7. The summed E-state index contributed by atoms with van der Waals surface area (Å²) in [5.74, 6) is 2.10. The number of thioether (sulfide) groups is 1. The maximum Gasteiger partial charge on any atom is 0.262 e. The highest BCUT2D eigenvalue weighted by Gasteiger charge is 2.15. The first-order valence-electron chi connectivity index (χ1n) is 9.31. The van der Waals surface area contributed by atoms with Crippen LogP contribution in [-0.2, 0) is 12.3 Å². The summed E-state index contributed by atoms with van der Waals surface area (Å²) >= 11 is 1.38. The van der Waals surface area contributed by atoms with Crippen molar-refractivity contribution in [3.63, 3.8) is 0 Å². The average molecular weight is 416 g/mol. The minimum atomic E-state index is -0.113. The molecule has 5 rings (SSSR count). The van der Waals surface area contributed by atoms with Crippen LogP contribution in [0.1, 0.15) is 11.6 Å². The number of hydrogen-bond donors (Lipinski definition) is 0. The molecular weight excluding hydrogens is 400 g/mol. The van der Waals surface area contributed by atoms with E-state index in [4.69, 9.17) is 13.9 Å². The quantitative estimate of drug-likeness (QED) is 0.300. The molecule has 0 aliphatic carbocycles. The van der Waals surface area contributed by atoms with Gasteiger partial charge in [-0.15, -0.1) is 0 Å². The molecule has 0 bridgehead atoms. The van der Waals surface area contributed by atoms with E-state index >= 15 is 0 Å². The molecule has 0 aliphatic rings. The summed E-state index contributed by atoms with van der Waals surface area (Å²) in [6.45, 7) is 0.299. The third-order valence-corrected chi connectivity index (χ3v) is 5.51. The predicted octanol–water partition coefficient (Wildman–Crippen LogP) is 4.38. The minimum absolute atomic E-state index is 0.113. The molecule has 0 unspecified atom stereocenters. The standard InChI is InChI=1S/C22H16N4O3S/c27-21-17-10-4-5-11-18(17)23-22(26(21)13-16-9-6-12-28-16)30-14-19-24-20(29-25-19)15-7-2-1-3-8-15/h1-12H,13-14H2. The SMILES string of the molecule is O=c1c2ccccc2nc(SCc2noc(-c3ccccc3)n2)n1Cc1ccco1. The number of benzene rings is 2. The van der Waals surface area contributed by atoms with E-state index in [1.54, 1.807) is 23.0 Å². The van der Waals surface area contributed by atoms with Gasteiger partial charge < -0.3 is 8.94 Å². The van der Waals surface area contributed by atoms with Crippen molar-refractivity contribution in [3.8, 4) is 11.5 Å². The van der Waals surface area contributed by atoms with Gasteiger partial charge in [-0.25, -0.2) is 4.98 Å². The Labute approximate surface area is 175 Å². The second-order valence-electron chi connectivity index (χ2n) is 6.55. The normalized spacial score (nSPS) is 11.2. The van der Waals surface area contributed by atoms with Gasteiger partial charge in [0.1, 0.15) is 5.76 Å². The maximum atomic E-state index is 13.1. The molecular formula is C22H16N4O3S. The van der Waals surface area contributed by atoms with Gasteiger partial charge in [-0.1, -0.05) is 47.3 Å². The zero-order valence-electron chi connectivity index (χ0n) is 15.8. The van der Waals surface area contributed by atoms with Crippen LogP contribution in [0.5, 0.6) is 0 Å². The number of nitrogens with zero attached hydrogens (tertiary/aromatic N) is 4. The second-order valence-corrected chi connectivity index (χ2v) is 7.50. The summed E-state index contributed by atoms with van der Waals surface area (Å²) in [6, 6.07) is 20.5. The Hall–Kier alpha value is -3.65. The van der Waals surface area contributed by atoms with Crippen molar-refractivity contribution >= 4 is 22.7 Å². The fourth-order valence-electron chi connectivity index (χ4n) is 3.10. The van der Waals surface area contributed by atoms with Crippen LogP contribution in [0.3, 0.4) is 0 Å². The van der Waals surface area contributed by atoms with Crippen LogP contribution in [0, 0.1) is 0 Å². The van der Waals surface area contributed by atoms with Crippen LogP contribution in [0.25, 0.3) is 22.4 Å². The summed E-state index contributed by atoms with van der Waals surface area (Å²) in [4.78, 5) is 22.2. The van der Waals surface area contributed by atoms with Crippen molar-refractivity contribution in [2.45, 2.75) is 17.5 Å². The second kappa shape index (κ2) is 8.00. The highest BCUT2D eigenvalue weighted by atomic mass is 32.2. The van der Waals surface area contributed by atoms with Gasteiger partial charge in [0.15, 0.2) is 11.0 Å². The summed E-state index contributed by atoms with van der Waals surface area (Å²) < 4.78 is 12.4. The van der Waals surface area contributed by atoms with E-state index in [2.05, 4.69) is 10.1 Å². The van der Waals surface area contributed by atoms with Gasteiger partial charge in [-0.2, -0.15) is 4.98 Å². The van der Waals surface area contributed by atoms with Crippen molar-refractivity contribution in [1.29, 1.82) is 0 Å². The smallest absolute Gasteiger partial charge is 0.262 e. The molecule has 3 heterocycles. The zero-order chi connectivity index (χ0) is 20.3. The molecule has 8 heteroatoms. The highest BCUT2D eigenvalue weighted by Crippen LogP contribution is 2.24. The molecule has 0 N–H and O–H groups in total. The Bertz CT molecular complexity index is 1340. The molecule has 2 aromatic carbocycles. The Morgan fingerprint density at radius 3 is 2.60 bits per heavy atom. The molecule has 0 spiro atoms. The van der Waals surface area contributed by atoms with E-state index < -0.39 is 0 Å². The third-order valence-electron chi connectivity index (χ3n) is 4.54. The van der Waals surface area contributed by atoms with Crippen LogP contribution in [0.15, 0.2) is 91.9 Å². The van der Waals surface area contributed by atoms with E-state index in [1.807, 2.05) is 54.6 Å². The number of aromatic nitrogens is 4. The molecule has 0 atom stereocenters. The number of para-hydroxylation sites is 1. The minimum Gasteiger partial charge on any atom is -0.467 e. The summed E-state index contributed by atoms with van der Waals surface area (Å²) in [5, 5.41) is 5.20. The lowest BCUT2D eigenvalue weighted by molar-refractivity contribution is 0.425. The highest BCUT2D eigenvalue weighted by molar-refractivity contribution is 7.98. The first-order valence-corrected chi connectivity index (χ1v) is 10.3. The van der Waals surface area contributed by atoms with E-state index in [-0.39, 0.29) is 5.56 Å². The van der Waals surface area contributed by atoms with Crippen molar-refractivity contribution in [2.24, 2.45) is 0 Å². The number of rotatable bonds is 6. The topological polar surface area (TPSA) is 87.0 Å². The van der Waals surface area contributed by atoms with E-state index in [9.17, 15) is 4.79 Å².